The maximum Gasteiger partial charge on any atom is 0.120 e. The molecular formula is C20H21BrNO. The summed E-state index contributed by atoms with van der Waals surface area (Å²) < 4.78 is 6.87. The van der Waals surface area contributed by atoms with Gasteiger partial charge in [0.05, 0.1) is 0 Å². The van der Waals surface area contributed by atoms with E-state index in [-0.39, 0.29) is 0 Å². The van der Waals surface area contributed by atoms with E-state index in [1.165, 1.54) is 12.8 Å². The van der Waals surface area contributed by atoms with Crippen LogP contribution in [0.5, 0.6) is 5.75 Å². The maximum absolute atomic E-state index is 5.79. The van der Waals surface area contributed by atoms with Crippen molar-refractivity contribution < 1.29 is 4.74 Å². The van der Waals surface area contributed by atoms with Crippen LogP contribution in [0.4, 0.5) is 0 Å². The predicted octanol–water partition coefficient (Wildman–Crippen LogP) is 4.85. The zero-order valence-corrected chi connectivity index (χ0v) is 14.7. The quantitative estimate of drug-likeness (QED) is 0.529. The minimum Gasteiger partial charge on any atom is -0.490 e. The largest absolute Gasteiger partial charge is 0.490 e. The van der Waals surface area contributed by atoms with Crippen molar-refractivity contribution in [3.63, 3.8) is 0 Å². The van der Waals surface area contributed by atoms with Crippen molar-refractivity contribution in [2.45, 2.75) is 12.8 Å². The molecule has 0 atom stereocenters. The van der Waals surface area contributed by atoms with Crippen molar-refractivity contribution in [3.05, 3.63) is 65.2 Å². The molecule has 0 unspecified atom stereocenters. The Hall–Kier alpha value is -1.58. The summed E-state index contributed by atoms with van der Waals surface area (Å²) in [5, 5.41) is 3.43. The second-order valence-corrected chi connectivity index (χ2v) is 6.74. The highest BCUT2D eigenvalue weighted by Gasteiger charge is 2.19. The maximum atomic E-state index is 5.79. The van der Waals surface area contributed by atoms with E-state index in [2.05, 4.69) is 51.6 Å². The van der Waals surface area contributed by atoms with Gasteiger partial charge >= 0.3 is 0 Å². The second kappa shape index (κ2) is 8.32. The molecule has 119 valence electrons. The van der Waals surface area contributed by atoms with Crippen LogP contribution >= 0.6 is 15.9 Å². The molecule has 0 saturated heterocycles. The predicted molar refractivity (Wildman–Crippen MR) is 98.6 cm³/mol. The normalized spacial score (nSPS) is 14.3. The second-order valence-electron chi connectivity index (χ2n) is 5.83. The van der Waals surface area contributed by atoms with Gasteiger partial charge in [0.15, 0.2) is 0 Å². The number of rotatable bonds is 8. The van der Waals surface area contributed by atoms with E-state index in [1.54, 1.807) is 0 Å². The zero-order valence-electron chi connectivity index (χ0n) is 13.1. The van der Waals surface area contributed by atoms with Gasteiger partial charge in [-0.2, -0.15) is 0 Å². The highest BCUT2D eigenvalue weighted by molar-refractivity contribution is 9.10. The van der Waals surface area contributed by atoms with Gasteiger partial charge in [-0.25, -0.2) is 0 Å². The van der Waals surface area contributed by atoms with Gasteiger partial charge in [0.1, 0.15) is 12.4 Å². The number of nitrogens with one attached hydrogen (secondary N) is 1. The van der Waals surface area contributed by atoms with Crippen molar-refractivity contribution in [2.24, 2.45) is 5.92 Å². The average molecular weight is 371 g/mol. The van der Waals surface area contributed by atoms with Crippen LogP contribution in [0.1, 0.15) is 12.8 Å². The number of halogens is 1. The molecular weight excluding hydrogens is 350 g/mol. The minimum absolute atomic E-state index is 0.592. The number of ether oxygens (including phenoxy) is 1. The van der Waals surface area contributed by atoms with Crippen LogP contribution in [-0.2, 0) is 0 Å². The molecule has 2 aromatic rings. The highest BCUT2D eigenvalue weighted by atomic mass is 79.9. The molecule has 0 bridgehead atoms. The first kappa shape index (κ1) is 16.3. The fraction of sp³-hybridized carbons (Fsp3) is 0.300. The number of hydrogen-bond donors (Lipinski definition) is 1. The molecule has 0 aromatic heterocycles. The van der Waals surface area contributed by atoms with Crippen molar-refractivity contribution >= 4 is 15.9 Å². The van der Waals surface area contributed by atoms with Crippen molar-refractivity contribution in [1.82, 2.24) is 5.32 Å². The summed E-state index contributed by atoms with van der Waals surface area (Å²) in [5.41, 5.74) is 2.18. The van der Waals surface area contributed by atoms with E-state index < -0.39 is 0 Å². The van der Waals surface area contributed by atoms with E-state index in [0.717, 1.165) is 40.4 Å². The third-order valence-corrected chi connectivity index (χ3v) is 4.36. The molecule has 0 heterocycles. The summed E-state index contributed by atoms with van der Waals surface area (Å²) in [6, 6.07) is 17.4. The van der Waals surface area contributed by atoms with Crippen LogP contribution in [0.25, 0.3) is 11.1 Å². The third-order valence-electron chi connectivity index (χ3n) is 3.83. The third kappa shape index (κ3) is 5.52. The van der Waals surface area contributed by atoms with Crippen LogP contribution in [-0.4, -0.2) is 19.7 Å². The van der Waals surface area contributed by atoms with E-state index in [9.17, 15) is 0 Å². The summed E-state index contributed by atoms with van der Waals surface area (Å²) >= 11 is 3.46. The van der Waals surface area contributed by atoms with E-state index in [4.69, 9.17) is 4.74 Å². The van der Waals surface area contributed by atoms with Gasteiger partial charge in [-0.15, -0.1) is 0 Å². The van der Waals surface area contributed by atoms with Gasteiger partial charge in [0, 0.05) is 11.0 Å². The van der Waals surface area contributed by atoms with Gasteiger partial charge in [-0.1, -0.05) is 46.3 Å². The highest BCUT2D eigenvalue weighted by Crippen LogP contribution is 2.27. The van der Waals surface area contributed by atoms with Gasteiger partial charge in [-0.05, 0) is 66.8 Å². The summed E-state index contributed by atoms with van der Waals surface area (Å²) in [4.78, 5) is 0. The first-order valence-electron chi connectivity index (χ1n) is 8.07. The SMILES string of the molecule is Brc1ccc(-c2[c]ccc(OC/C=C/CNCC3CC3)c2)cc1. The lowest BCUT2D eigenvalue weighted by Gasteiger charge is -2.06. The van der Waals surface area contributed by atoms with Crippen LogP contribution in [0.15, 0.2) is 59.1 Å². The summed E-state index contributed by atoms with van der Waals surface area (Å²) in [6.07, 6.45) is 6.99. The lowest BCUT2D eigenvalue weighted by atomic mass is 10.1. The average Bonchev–Trinajstić information content (AvgIpc) is 3.39. The molecule has 0 spiro atoms. The Kier molecular flexibility index (Phi) is 5.89. The van der Waals surface area contributed by atoms with E-state index in [1.807, 2.05) is 30.3 Å². The molecule has 3 rings (SSSR count). The van der Waals surface area contributed by atoms with Gasteiger partial charge in [-0.3, -0.25) is 0 Å². The molecule has 0 amide bonds. The monoisotopic (exact) mass is 370 g/mol. The Morgan fingerprint density at radius 2 is 2.00 bits per heavy atom. The lowest BCUT2D eigenvalue weighted by molar-refractivity contribution is 0.362. The van der Waals surface area contributed by atoms with Crippen LogP contribution < -0.4 is 10.1 Å². The summed E-state index contributed by atoms with van der Waals surface area (Å²) in [6.45, 7) is 2.66. The molecule has 2 nitrogen and oxygen atoms in total. The van der Waals surface area contributed by atoms with Crippen LogP contribution in [0.3, 0.4) is 0 Å². The molecule has 0 aliphatic heterocycles. The Morgan fingerprint density at radius 3 is 2.78 bits per heavy atom. The van der Waals surface area contributed by atoms with E-state index >= 15 is 0 Å². The van der Waals surface area contributed by atoms with Gasteiger partial charge < -0.3 is 10.1 Å². The standard InChI is InChI=1S/C20H21BrNO/c21-19-10-8-17(9-11-19)18-4-3-5-20(14-18)23-13-2-1-12-22-15-16-6-7-16/h1-3,5,8-11,14,16,22H,6-7,12-13,15H2/b2-1+. The first-order valence-corrected chi connectivity index (χ1v) is 8.87. The Balaban J connectivity index is 1.47. The first-order chi connectivity index (χ1) is 11.3. The fourth-order valence-electron chi connectivity index (χ4n) is 2.32. The fourth-order valence-corrected chi connectivity index (χ4v) is 2.58. The summed E-state index contributed by atoms with van der Waals surface area (Å²) in [7, 11) is 0. The topological polar surface area (TPSA) is 21.3 Å². The van der Waals surface area contributed by atoms with Crippen LogP contribution in [0, 0.1) is 12.0 Å². The van der Waals surface area contributed by atoms with Crippen molar-refractivity contribution in [1.29, 1.82) is 0 Å². The molecule has 2 aromatic carbocycles. The molecule has 3 heteroatoms. The Labute approximate surface area is 146 Å². The smallest absolute Gasteiger partial charge is 0.120 e. The van der Waals surface area contributed by atoms with Crippen LogP contribution in [0.2, 0.25) is 0 Å². The number of benzene rings is 2. The molecule has 1 aliphatic rings. The zero-order chi connectivity index (χ0) is 15.9. The molecule has 1 aliphatic carbocycles. The molecule has 1 N–H and O–H groups in total. The Morgan fingerprint density at radius 1 is 1.17 bits per heavy atom. The summed E-state index contributed by atoms with van der Waals surface area (Å²) in [5.74, 6) is 1.80. The van der Waals surface area contributed by atoms with Crippen molar-refractivity contribution in [3.8, 4) is 16.9 Å². The minimum atomic E-state index is 0.592. The molecule has 1 saturated carbocycles. The van der Waals surface area contributed by atoms with E-state index in [0.29, 0.717) is 6.61 Å². The Bertz CT molecular complexity index is 647. The lowest BCUT2D eigenvalue weighted by Crippen LogP contribution is -2.16. The molecule has 23 heavy (non-hydrogen) atoms. The van der Waals surface area contributed by atoms with Crippen molar-refractivity contribution in [2.75, 3.05) is 19.7 Å². The van der Waals surface area contributed by atoms with Gasteiger partial charge in [0.2, 0.25) is 0 Å². The molecule has 1 radical (unpaired) electrons. The van der Waals surface area contributed by atoms with Gasteiger partial charge in [0.25, 0.3) is 0 Å². The molecule has 1 fully saturated rings. The number of hydrogen-bond acceptors (Lipinski definition) is 2.